The summed E-state index contributed by atoms with van der Waals surface area (Å²) < 4.78 is 5.36. The minimum atomic E-state index is -0.786. The molecule has 0 unspecified atom stereocenters. The topological polar surface area (TPSA) is 93.4 Å². The Morgan fingerprint density at radius 2 is 1.74 bits per heavy atom. The van der Waals surface area contributed by atoms with E-state index in [0.29, 0.717) is 30.0 Å². The summed E-state index contributed by atoms with van der Waals surface area (Å²) in [6.07, 6.45) is 8.65. The molecule has 6 nitrogen and oxygen atoms in total. The summed E-state index contributed by atoms with van der Waals surface area (Å²) in [6, 6.07) is 5.27. The molecule has 1 aromatic rings. The van der Waals surface area contributed by atoms with Gasteiger partial charge < -0.3 is 21.1 Å². The number of ether oxygens (including phenoxy) is 1. The van der Waals surface area contributed by atoms with Crippen LogP contribution in [0.1, 0.15) is 57.8 Å². The number of anilines is 2. The Labute approximate surface area is 167 Å². The fraction of sp³-hybridized carbons (Fsp3) is 0.600. The summed E-state index contributed by atoms with van der Waals surface area (Å²) in [5, 5.41) is 5.88. The summed E-state index contributed by atoms with van der Waals surface area (Å²) in [5.74, 6) is 0.496. The van der Waals surface area contributed by atoms with Crippen molar-refractivity contribution in [3.05, 3.63) is 18.2 Å². The maximum absolute atomic E-state index is 12.6. The number of benzene rings is 1. The van der Waals surface area contributed by atoms with E-state index in [4.69, 9.17) is 10.5 Å². The number of hydrogen-bond acceptors (Lipinski definition) is 4. The van der Waals surface area contributed by atoms with Gasteiger partial charge in [-0.1, -0.05) is 32.1 Å². The first-order valence-electron chi connectivity index (χ1n) is 9.61. The fourth-order valence-electron chi connectivity index (χ4n) is 3.97. The Balaban J connectivity index is 0.00000261. The third kappa shape index (κ3) is 5.14. The summed E-state index contributed by atoms with van der Waals surface area (Å²) in [4.78, 5) is 25.1. The Kier molecular flexibility index (Phi) is 7.50. The lowest BCUT2D eigenvalue weighted by Gasteiger charge is -2.23. The van der Waals surface area contributed by atoms with Gasteiger partial charge in [-0.3, -0.25) is 9.59 Å². The van der Waals surface area contributed by atoms with Gasteiger partial charge in [0.1, 0.15) is 5.75 Å². The average molecular weight is 396 g/mol. The largest absolute Gasteiger partial charge is 0.495 e. The molecule has 3 rings (SSSR count). The Bertz CT molecular complexity index is 668. The molecular formula is C20H30ClN3O3. The van der Waals surface area contributed by atoms with Gasteiger partial charge in [0, 0.05) is 11.6 Å². The number of halogens is 1. The van der Waals surface area contributed by atoms with Crippen LogP contribution in [0.15, 0.2) is 18.2 Å². The maximum atomic E-state index is 12.6. The maximum Gasteiger partial charge on any atom is 0.244 e. The van der Waals surface area contributed by atoms with Gasteiger partial charge in [-0.15, -0.1) is 12.4 Å². The van der Waals surface area contributed by atoms with Crippen molar-refractivity contribution in [2.24, 2.45) is 11.7 Å². The average Bonchev–Trinajstić information content (AvgIpc) is 3.11. The molecule has 0 aromatic heterocycles. The lowest BCUT2D eigenvalue weighted by molar-refractivity contribution is -0.121. The van der Waals surface area contributed by atoms with Crippen LogP contribution in [0, 0.1) is 5.92 Å². The lowest BCUT2D eigenvalue weighted by atomic mass is 9.88. The third-order valence-corrected chi connectivity index (χ3v) is 5.64. The highest BCUT2D eigenvalue weighted by atomic mass is 35.5. The van der Waals surface area contributed by atoms with Crippen molar-refractivity contribution in [1.29, 1.82) is 0 Å². The van der Waals surface area contributed by atoms with Crippen molar-refractivity contribution in [3.8, 4) is 5.75 Å². The SMILES string of the molecule is COc1ccc(NC(=O)C2(N)CCCC2)cc1NC(=O)C1CCCCC1.Cl. The van der Waals surface area contributed by atoms with E-state index in [1.54, 1.807) is 25.3 Å². The third-order valence-electron chi connectivity index (χ3n) is 5.64. The molecule has 0 radical (unpaired) electrons. The molecule has 7 heteroatoms. The molecule has 2 aliphatic carbocycles. The van der Waals surface area contributed by atoms with E-state index >= 15 is 0 Å². The molecule has 1 aromatic carbocycles. The Morgan fingerprint density at radius 3 is 2.37 bits per heavy atom. The predicted octanol–water partition coefficient (Wildman–Crippen LogP) is 3.85. The second-order valence-corrected chi connectivity index (χ2v) is 7.56. The van der Waals surface area contributed by atoms with Crippen molar-refractivity contribution in [3.63, 3.8) is 0 Å². The van der Waals surface area contributed by atoms with Crippen LogP contribution in [0.3, 0.4) is 0 Å². The van der Waals surface area contributed by atoms with Crippen LogP contribution in [0.2, 0.25) is 0 Å². The van der Waals surface area contributed by atoms with Gasteiger partial charge in [-0.2, -0.15) is 0 Å². The second kappa shape index (κ2) is 9.42. The number of methoxy groups -OCH3 is 1. The minimum Gasteiger partial charge on any atom is -0.495 e. The summed E-state index contributed by atoms with van der Waals surface area (Å²) in [5.41, 5.74) is 6.63. The fourth-order valence-corrected chi connectivity index (χ4v) is 3.97. The zero-order valence-electron chi connectivity index (χ0n) is 15.9. The van der Waals surface area contributed by atoms with Gasteiger partial charge in [0.05, 0.1) is 18.3 Å². The van der Waals surface area contributed by atoms with Crippen LogP contribution in [0.5, 0.6) is 5.75 Å². The smallest absolute Gasteiger partial charge is 0.244 e. The first-order valence-corrected chi connectivity index (χ1v) is 9.61. The predicted molar refractivity (Wildman–Crippen MR) is 109 cm³/mol. The van der Waals surface area contributed by atoms with E-state index in [2.05, 4.69) is 10.6 Å². The number of carbonyl (C=O) groups is 2. The monoisotopic (exact) mass is 395 g/mol. The number of amides is 2. The Hall–Kier alpha value is -1.79. The first-order chi connectivity index (χ1) is 12.5. The number of carbonyl (C=O) groups excluding carboxylic acids is 2. The molecule has 0 aliphatic heterocycles. The van der Waals surface area contributed by atoms with E-state index in [-0.39, 0.29) is 30.1 Å². The van der Waals surface area contributed by atoms with E-state index in [0.717, 1.165) is 38.5 Å². The highest BCUT2D eigenvalue weighted by Gasteiger charge is 2.37. The molecule has 0 bridgehead atoms. The minimum absolute atomic E-state index is 0. The van der Waals surface area contributed by atoms with Crippen molar-refractivity contribution in [1.82, 2.24) is 0 Å². The first kappa shape index (κ1) is 21.5. The molecule has 150 valence electrons. The molecular weight excluding hydrogens is 366 g/mol. The van der Waals surface area contributed by atoms with Crippen LogP contribution in [0.25, 0.3) is 0 Å². The van der Waals surface area contributed by atoms with Crippen LogP contribution in [-0.4, -0.2) is 24.5 Å². The number of hydrogen-bond donors (Lipinski definition) is 3. The van der Waals surface area contributed by atoms with E-state index < -0.39 is 5.54 Å². The van der Waals surface area contributed by atoms with Crippen molar-refractivity contribution >= 4 is 35.6 Å². The standard InChI is InChI=1S/C20H29N3O3.ClH/c1-26-17-10-9-15(22-19(25)20(21)11-5-6-12-20)13-16(17)23-18(24)14-7-3-2-4-8-14;/h9-10,13-14H,2-8,11-12,21H2,1H3,(H,22,25)(H,23,24);1H. The molecule has 27 heavy (non-hydrogen) atoms. The lowest BCUT2D eigenvalue weighted by Crippen LogP contribution is -2.48. The molecule has 0 atom stereocenters. The van der Waals surface area contributed by atoms with Crippen molar-refractivity contribution in [2.45, 2.75) is 63.3 Å². The zero-order chi connectivity index (χ0) is 18.6. The molecule has 0 heterocycles. The summed E-state index contributed by atoms with van der Waals surface area (Å²) >= 11 is 0. The second-order valence-electron chi connectivity index (χ2n) is 7.56. The zero-order valence-corrected chi connectivity index (χ0v) is 16.7. The molecule has 2 saturated carbocycles. The van der Waals surface area contributed by atoms with Crippen LogP contribution in [0.4, 0.5) is 11.4 Å². The van der Waals surface area contributed by atoms with Crippen molar-refractivity contribution in [2.75, 3.05) is 17.7 Å². The molecule has 2 amide bonds. The number of nitrogens with one attached hydrogen (secondary N) is 2. The van der Waals surface area contributed by atoms with Gasteiger partial charge in [-0.25, -0.2) is 0 Å². The number of rotatable bonds is 5. The molecule has 2 aliphatic rings. The normalized spacial score (nSPS) is 19.0. The van der Waals surface area contributed by atoms with Crippen molar-refractivity contribution < 1.29 is 14.3 Å². The van der Waals surface area contributed by atoms with Gasteiger partial charge in [0.25, 0.3) is 0 Å². The van der Waals surface area contributed by atoms with Crippen LogP contribution in [-0.2, 0) is 9.59 Å². The number of nitrogens with two attached hydrogens (primary N) is 1. The Morgan fingerprint density at radius 1 is 1.07 bits per heavy atom. The van der Waals surface area contributed by atoms with Crippen LogP contribution >= 0.6 is 12.4 Å². The quantitative estimate of drug-likeness (QED) is 0.705. The van der Waals surface area contributed by atoms with Gasteiger partial charge in [-0.05, 0) is 43.9 Å². The van der Waals surface area contributed by atoms with Gasteiger partial charge in [0.15, 0.2) is 0 Å². The van der Waals surface area contributed by atoms with E-state index in [1.807, 2.05) is 0 Å². The summed E-state index contributed by atoms with van der Waals surface area (Å²) in [7, 11) is 1.57. The molecule has 0 saturated heterocycles. The van der Waals surface area contributed by atoms with Gasteiger partial charge >= 0.3 is 0 Å². The van der Waals surface area contributed by atoms with Crippen LogP contribution < -0.4 is 21.1 Å². The highest BCUT2D eigenvalue weighted by Crippen LogP contribution is 2.32. The highest BCUT2D eigenvalue weighted by molar-refractivity contribution is 6.00. The molecule has 4 N–H and O–H groups in total. The van der Waals surface area contributed by atoms with E-state index in [9.17, 15) is 9.59 Å². The van der Waals surface area contributed by atoms with E-state index in [1.165, 1.54) is 6.42 Å². The van der Waals surface area contributed by atoms with Gasteiger partial charge in [0.2, 0.25) is 11.8 Å². The molecule has 0 spiro atoms. The summed E-state index contributed by atoms with van der Waals surface area (Å²) in [6.45, 7) is 0. The molecule has 2 fully saturated rings.